The third-order valence-corrected chi connectivity index (χ3v) is 5.21. The van der Waals surface area contributed by atoms with Crippen LogP contribution in [0, 0.1) is 0 Å². The van der Waals surface area contributed by atoms with Crippen molar-refractivity contribution in [1.82, 2.24) is 9.47 Å². The van der Waals surface area contributed by atoms with Gasteiger partial charge in [0.15, 0.2) is 5.58 Å². The van der Waals surface area contributed by atoms with Crippen molar-refractivity contribution >= 4 is 28.4 Å². The van der Waals surface area contributed by atoms with Crippen LogP contribution < -0.4 is 10.7 Å². The van der Waals surface area contributed by atoms with E-state index in [2.05, 4.69) is 15.9 Å². The first-order chi connectivity index (χ1) is 12.7. The molecule has 0 aliphatic carbocycles. The first-order valence-electron chi connectivity index (χ1n) is 9.02. The second kappa shape index (κ2) is 7.56. The molecule has 2 aromatic carbocycles. The molecule has 26 heavy (non-hydrogen) atoms. The number of para-hydroxylation sites is 2. The highest BCUT2D eigenvalue weighted by Crippen LogP contribution is 2.21. The SMILES string of the molecule is O=c1oc2ccccc2n1CCCN1CCN(c2cccc(Cl)c2)CC1. The maximum atomic E-state index is 12.0. The Bertz CT molecular complexity index is 941. The van der Waals surface area contributed by atoms with Crippen LogP contribution in [-0.4, -0.2) is 42.2 Å². The predicted molar refractivity (Wildman–Crippen MR) is 105 cm³/mol. The van der Waals surface area contributed by atoms with E-state index in [1.165, 1.54) is 5.69 Å². The third-order valence-electron chi connectivity index (χ3n) is 4.98. The molecule has 0 spiro atoms. The minimum absolute atomic E-state index is 0.267. The van der Waals surface area contributed by atoms with Crippen LogP contribution in [-0.2, 0) is 6.54 Å². The van der Waals surface area contributed by atoms with Gasteiger partial charge in [-0.05, 0) is 43.3 Å². The molecule has 1 aromatic heterocycles. The van der Waals surface area contributed by atoms with Crippen molar-refractivity contribution in [2.45, 2.75) is 13.0 Å². The minimum Gasteiger partial charge on any atom is -0.408 e. The Labute approximate surface area is 157 Å². The van der Waals surface area contributed by atoms with E-state index in [1.54, 1.807) is 4.57 Å². The summed E-state index contributed by atoms with van der Waals surface area (Å²) in [5.74, 6) is -0.267. The Morgan fingerprint density at radius 3 is 2.58 bits per heavy atom. The van der Waals surface area contributed by atoms with Crippen molar-refractivity contribution in [3.8, 4) is 0 Å². The van der Waals surface area contributed by atoms with Gasteiger partial charge in [-0.1, -0.05) is 29.8 Å². The Kier molecular flexibility index (Phi) is 5.00. The van der Waals surface area contributed by atoms with E-state index in [-0.39, 0.29) is 5.76 Å². The number of piperazine rings is 1. The smallest absolute Gasteiger partial charge is 0.408 e. The number of hydrogen-bond acceptors (Lipinski definition) is 4. The highest BCUT2D eigenvalue weighted by Gasteiger charge is 2.17. The number of halogens is 1. The van der Waals surface area contributed by atoms with E-state index in [9.17, 15) is 4.79 Å². The van der Waals surface area contributed by atoms with Crippen LogP contribution in [0.2, 0.25) is 5.02 Å². The van der Waals surface area contributed by atoms with E-state index in [4.69, 9.17) is 16.0 Å². The van der Waals surface area contributed by atoms with Gasteiger partial charge in [-0.25, -0.2) is 4.79 Å². The fourth-order valence-electron chi connectivity index (χ4n) is 3.58. The largest absolute Gasteiger partial charge is 0.419 e. The van der Waals surface area contributed by atoms with Gasteiger partial charge in [-0.3, -0.25) is 9.47 Å². The highest BCUT2D eigenvalue weighted by molar-refractivity contribution is 6.30. The highest BCUT2D eigenvalue weighted by atomic mass is 35.5. The van der Waals surface area contributed by atoms with Crippen molar-refractivity contribution in [3.63, 3.8) is 0 Å². The number of anilines is 1. The average Bonchev–Trinajstić information content (AvgIpc) is 2.98. The molecule has 0 atom stereocenters. The summed E-state index contributed by atoms with van der Waals surface area (Å²) in [6.07, 6.45) is 0.931. The van der Waals surface area contributed by atoms with Crippen LogP contribution >= 0.6 is 11.6 Å². The van der Waals surface area contributed by atoms with Crippen molar-refractivity contribution in [1.29, 1.82) is 0 Å². The molecule has 0 amide bonds. The predicted octanol–water partition coefficient (Wildman–Crippen LogP) is 3.46. The van der Waals surface area contributed by atoms with Crippen molar-refractivity contribution in [2.75, 3.05) is 37.6 Å². The summed E-state index contributed by atoms with van der Waals surface area (Å²) in [5.41, 5.74) is 2.73. The van der Waals surface area contributed by atoms with Gasteiger partial charge in [0.2, 0.25) is 0 Å². The first-order valence-corrected chi connectivity index (χ1v) is 9.40. The zero-order valence-corrected chi connectivity index (χ0v) is 15.4. The standard InChI is InChI=1S/C20H22ClN3O2/c21-16-5-3-6-17(15-16)23-13-11-22(12-14-23)9-4-10-24-18-7-1-2-8-19(18)26-20(24)25/h1-3,5-8,15H,4,9-14H2. The topological polar surface area (TPSA) is 41.6 Å². The van der Waals surface area contributed by atoms with Gasteiger partial charge in [0.1, 0.15) is 0 Å². The third kappa shape index (κ3) is 3.64. The lowest BCUT2D eigenvalue weighted by molar-refractivity contribution is 0.250. The number of oxazole rings is 1. The summed E-state index contributed by atoms with van der Waals surface area (Å²) in [6.45, 7) is 5.70. The number of benzene rings is 2. The van der Waals surface area contributed by atoms with Crippen LogP contribution in [0.25, 0.3) is 11.1 Å². The lowest BCUT2D eigenvalue weighted by atomic mass is 10.2. The molecule has 1 aliphatic heterocycles. The Morgan fingerprint density at radius 2 is 1.77 bits per heavy atom. The summed E-state index contributed by atoms with van der Waals surface area (Å²) in [7, 11) is 0. The van der Waals surface area contributed by atoms with E-state index in [1.807, 2.05) is 42.5 Å². The lowest BCUT2D eigenvalue weighted by Crippen LogP contribution is -2.46. The van der Waals surface area contributed by atoms with Crippen LogP contribution in [0.1, 0.15) is 6.42 Å². The van der Waals surface area contributed by atoms with Crippen molar-refractivity contribution in [3.05, 3.63) is 64.1 Å². The molecular formula is C20H22ClN3O2. The molecule has 0 unspecified atom stereocenters. The quantitative estimate of drug-likeness (QED) is 0.688. The van der Waals surface area contributed by atoms with Crippen molar-refractivity contribution in [2.24, 2.45) is 0 Å². The van der Waals surface area contributed by atoms with Gasteiger partial charge in [0.05, 0.1) is 5.52 Å². The molecule has 5 nitrogen and oxygen atoms in total. The molecule has 6 heteroatoms. The molecule has 1 aliphatic rings. The van der Waals surface area contributed by atoms with Gasteiger partial charge < -0.3 is 9.32 Å². The second-order valence-electron chi connectivity index (χ2n) is 6.65. The fourth-order valence-corrected chi connectivity index (χ4v) is 3.77. The zero-order valence-electron chi connectivity index (χ0n) is 14.6. The number of hydrogen-bond donors (Lipinski definition) is 0. The van der Waals surface area contributed by atoms with Crippen molar-refractivity contribution < 1.29 is 4.42 Å². The van der Waals surface area contributed by atoms with Crippen LogP contribution in [0.15, 0.2) is 57.7 Å². The maximum Gasteiger partial charge on any atom is 0.419 e. The minimum atomic E-state index is -0.267. The molecule has 3 aromatic rings. The molecule has 0 radical (unpaired) electrons. The molecule has 4 rings (SSSR count). The number of aromatic nitrogens is 1. The number of aryl methyl sites for hydroxylation is 1. The monoisotopic (exact) mass is 371 g/mol. The van der Waals surface area contributed by atoms with E-state index < -0.39 is 0 Å². The normalized spacial score (nSPS) is 15.7. The summed E-state index contributed by atoms with van der Waals surface area (Å²) in [6, 6.07) is 15.6. The molecule has 1 fully saturated rings. The number of rotatable bonds is 5. The summed E-state index contributed by atoms with van der Waals surface area (Å²) in [4.78, 5) is 16.8. The van der Waals surface area contributed by atoms with E-state index in [0.29, 0.717) is 12.1 Å². The van der Waals surface area contributed by atoms with Gasteiger partial charge in [0.25, 0.3) is 0 Å². The van der Waals surface area contributed by atoms with Gasteiger partial charge in [-0.2, -0.15) is 0 Å². The summed E-state index contributed by atoms with van der Waals surface area (Å²) >= 11 is 6.09. The van der Waals surface area contributed by atoms with E-state index in [0.717, 1.165) is 49.7 Å². The summed E-state index contributed by atoms with van der Waals surface area (Å²) < 4.78 is 7.02. The van der Waals surface area contributed by atoms with Gasteiger partial charge in [-0.15, -0.1) is 0 Å². The zero-order chi connectivity index (χ0) is 17.9. The molecular weight excluding hydrogens is 350 g/mol. The van der Waals surface area contributed by atoms with Crippen LogP contribution in [0.4, 0.5) is 5.69 Å². The second-order valence-corrected chi connectivity index (χ2v) is 7.09. The lowest BCUT2D eigenvalue weighted by Gasteiger charge is -2.36. The van der Waals surface area contributed by atoms with Gasteiger partial charge >= 0.3 is 5.76 Å². The molecule has 136 valence electrons. The average molecular weight is 372 g/mol. The Hall–Kier alpha value is -2.24. The maximum absolute atomic E-state index is 12.0. The number of fused-ring (bicyclic) bond motifs is 1. The van der Waals surface area contributed by atoms with E-state index >= 15 is 0 Å². The molecule has 0 bridgehead atoms. The molecule has 0 N–H and O–H groups in total. The van der Waals surface area contributed by atoms with Crippen LogP contribution in [0.3, 0.4) is 0 Å². The number of nitrogens with zero attached hydrogens (tertiary/aromatic N) is 3. The first kappa shape index (κ1) is 17.2. The van der Waals surface area contributed by atoms with Crippen LogP contribution in [0.5, 0.6) is 0 Å². The Morgan fingerprint density at radius 1 is 0.962 bits per heavy atom. The van der Waals surface area contributed by atoms with Gasteiger partial charge in [0, 0.05) is 43.4 Å². The fraction of sp³-hybridized carbons (Fsp3) is 0.350. The molecule has 0 saturated carbocycles. The molecule has 2 heterocycles. The Balaban J connectivity index is 1.30. The summed E-state index contributed by atoms with van der Waals surface area (Å²) in [5, 5.41) is 0.780. The molecule has 1 saturated heterocycles.